The van der Waals surface area contributed by atoms with E-state index in [1.165, 1.54) is 0 Å². The molecule has 2 heterocycles. The van der Waals surface area contributed by atoms with Crippen molar-refractivity contribution in [3.8, 4) is 22.6 Å². The molecule has 4 aromatic rings. The highest BCUT2D eigenvalue weighted by Gasteiger charge is 2.09. The summed E-state index contributed by atoms with van der Waals surface area (Å²) in [6.45, 7) is 0.448. The smallest absolute Gasteiger partial charge is 0.220 e. The van der Waals surface area contributed by atoms with Crippen molar-refractivity contribution >= 4 is 17.2 Å². The largest absolute Gasteiger partial charge is 0.461 e. The van der Waals surface area contributed by atoms with Crippen molar-refractivity contribution in [3.05, 3.63) is 88.9 Å². The van der Waals surface area contributed by atoms with Crippen molar-refractivity contribution in [2.24, 2.45) is 0 Å². The van der Waals surface area contributed by atoms with Crippen LogP contribution < -0.4 is 5.32 Å². The SMILES string of the molecule is O=C(CCc1ccc(-c2ccccc2)o1)NCc1nc(-c2ccccc2)cs1. The maximum Gasteiger partial charge on any atom is 0.220 e. The van der Waals surface area contributed by atoms with E-state index in [1.807, 2.05) is 78.2 Å². The summed E-state index contributed by atoms with van der Waals surface area (Å²) in [5.41, 5.74) is 3.07. The summed E-state index contributed by atoms with van der Waals surface area (Å²) in [4.78, 5) is 16.8. The normalized spacial score (nSPS) is 10.7. The van der Waals surface area contributed by atoms with E-state index in [2.05, 4.69) is 10.3 Å². The maximum absolute atomic E-state index is 12.2. The number of furan rings is 1. The van der Waals surface area contributed by atoms with Gasteiger partial charge in [0.15, 0.2) is 0 Å². The van der Waals surface area contributed by atoms with Gasteiger partial charge in [-0.15, -0.1) is 11.3 Å². The molecule has 0 saturated carbocycles. The monoisotopic (exact) mass is 388 g/mol. The fraction of sp³-hybridized carbons (Fsp3) is 0.130. The van der Waals surface area contributed by atoms with Crippen LogP contribution >= 0.6 is 11.3 Å². The topological polar surface area (TPSA) is 55.1 Å². The number of rotatable bonds is 7. The zero-order valence-corrected chi connectivity index (χ0v) is 16.1. The minimum Gasteiger partial charge on any atom is -0.461 e. The second kappa shape index (κ2) is 8.67. The summed E-state index contributed by atoms with van der Waals surface area (Å²) in [5.74, 6) is 1.64. The van der Waals surface area contributed by atoms with Crippen LogP contribution in [0, 0.1) is 0 Å². The first-order valence-corrected chi connectivity index (χ1v) is 10.1. The van der Waals surface area contributed by atoms with E-state index in [1.54, 1.807) is 11.3 Å². The molecule has 4 rings (SSSR count). The molecule has 0 aliphatic heterocycles. The number of aromatic nitrogens is 1. The maximum atomic E-state index is 12.2. The Morgan fingerprint density at radius 3 is 2.39 bits per heavy atom. The van der Waals surface area contributed by atoms with Gasteiger partial charge in [-0.25, -0.2) is 4.98 Å². The van der Waals surface area contributed by atoms with E-state index in [0.29, 0.717) is 19.4 Å². The zero-order valence-electron chi connectivity index (χ0n) is 15.3. The lowest BCUT2D eigenvalue weighted by Crippen LogP contribution is -2.22. The number of thiazole rings is 1. The van der Waals surface area contributed by atoms with Gasteiger partial charge in [0, 0.05) is 29.3 Å². The van der Waals surface area contributed by atoms with Crippen LogP contribution in [-0.4, -0.2) is 10.9 Å². The first-order valence-electron chi connectivity index (χ1n) is 9.18. The number of carbonyl (C=O) groups is 1. The molecule has 2 aromatic carbocycles. The summed E-state index contributed by atoms with van der Waals surface area (Å²) in [7, 11) is 0. The molecular formula is C23H20N2O2S. The van der Waals surface area contributed by atoms with Gasteiger partial charge in [0.05, 0.1) is 12.2 Å². The number of carbonyl (C=O) groups excluding carboxylic acids is 1. The van der Waals surface area contributed by atoms with Gasteiger partial charge >= 0.3 is 0 Å². The number of nitrogens with one attached hydrogen (secondary N) is 1. The van der Waals surface area contributed by atoms with Gasteiger partial charge < -0.3 is 9.73 Å². The number of hydrogen-bond acceptors (Lipinski definition) is 4. The molecule has 0 fully saturated rings. The van der Waals surface area contributed by atoms with E-state index in [-0.39, 0.29) is 5.91 Å². The Kier molecular flexibility index (Phi) is 5.64. The number of hydrogen-bond donors (Lipinski definition) is 1. The van der Waals surface area contributed by atoms with Gasteiger partial charge in [-0.2, -0.15) is 0 Å². The Morgan fingerprint density at radius 1 is 0.929 bits per heavy atom. The van der Waals surface area contributed by atoms with Gasteiger partial charge in [0.25, 0.3) is 0 Å². The van der Waals surface area contributed by atoms with Crippen molar-refractivity contribution in [1.82, 2.24) is 10.3 Å². The van der Waals surface area contributed by atoms with Gasteiger partial charge in [0.2, 0.25) is 5.91 Å². The predicted octanol–water partition coefficient (Wildman–Crippen LogP) is 5.32. The summed E-state index contributed by atoms with van der Waals surface area (Å²) in [6, 6.07) is 23.9. The molecular weight excluding hydrogens is 368 g/mol. The first-order chi connectivity index (χ1) is 13.8. The van der Waals surface area contributed by atoms with Crippen molar-refractivity contribution < 1.29 is 9.21 Å². The van der Waals surface area contributed by atoms with E-state index in [9.17, 15) is 4.79 Å². The first kappa shape index (κ1) is 18.2. The average Bonchev–Trinajstić information content (AvgIpc) is 3.42. The Labute approximate surface area is 167 Å². The summed E-state index contributed by atoms with van der Waals surface area (Å²) >= 11 is 1.56. The van der Waals surface area contributed by atoms with Crippen LogP contribution in [-0.2, 0) is 17.8 Å². The molecule has 2 aromatic heterocycles. The molecule has 0 spiro atoms. The van der Waals surface area contributed by atoms with Gasteiger partial charge in [-0.05, 0) is 12.1 Å². The highest BCUT2D eigenvalue weighted by atomic mass is 32.1. The molecule has 1 amide bonds. The highest BCUT2D eigenvalue weighted by molar-refractivity contribution is 7.09. The quantitative estimate of drug-likeness (QED) is 0.466. The molecule has 4 nitrogen and oxygen atoms in total. The lowest BCUT2D eigenvalue weighted by atomic mass is 10.2. The van der Waals surface area contributed by atoms with Crippen LogP contribution in [0.1, 0.15) is 17.2 Å². The fourth-order valence-corrected chi connectivity index (χ4v) is 3.65. The molecule has 0 atom stereocenters. The molecule has 0 radical (unpaired) electrons. The lowest BCUT2D eigenvalue weighted by Gasteiger charge is -2.02. The van der Waals surface area contributed by atoms with Gasteiger partial charge in [0.1, 0.15) is 16.5 Å². The summed E-state index contributed by atoms with van der Waals surface area (Å²) in [5, 5.41) is 5.86. The highest BCUT2D eigenvalue weighted by Crippen LogP contribution is 2.23. The van der Waals surface area contributed by atoms with E-state index in [4.69, 9.17) is 4.42 Å². The molecule has 0 bridgehead atoms. The Bertz CT molecular complexity index is 955. The van der Waals surface area contributed by atoms with Gasteiger partial charge in [-0.1, -0.05) is 60.7 Å². The van der Waals surface area contributed by atoms with Crippen LogP contribution in [0.4, 0.5) is 0 Å². The minimum atomic E-state index is -0.00544. The van der Waals surface area contributed by atoms with E-state index < -0.39 is 0 Å². The molecule has 0 aliphatic rings. The molecule has 140 valence electrons. The number of aryl methyl sites for hydroxylation is 1. The average molecular weight is 388 g/mol. The minimum absolute atomic E-state index is 0.00544. The van der Waals surface area contributed by atoms with E-state index in [0.717, 1.165) is 33.3 Å². The van der Waals surface area contributed by atoms with Crippen molar-refractivity contribution in [2.45, 2.75) is 19.4 Å². The van der Waals surface area contributed by atoms with Crippen LogP contribution in [0.2, 0.25) is 0 Å². The molecule has 1 N–H and O–H groups in total. The Balaban J connectivity index is 1.26. The van der Waals surface area contributed by atoms with Crippen molar-refractivity contribution in [2.75, 3.05) is 0 Å². The summed E-state index contributed by atoms with van der Waals surface area (Å²) in [6.07, 6.45) is 0.963. The standard InChI is InChI=1S/C23H20N2O2S/c26-22(14-12-19-11-13-21(27-19)18-9-5-2-6-10-18)24-15-23-25-20(16-28-23)17-7-3-1-4-8-17/h1-11,13,16H,12,14-15H2,(H,24,26). The third-order valence-electron chi connectivity index (χ3n) is 4.38. The van der Waals surface area contributed by atoms with Crippen LogP contribution in [0.25, 0.3) is 22.6 Å². The summed E-state index contributed by atoms with van der Waals surface area (Å²) < 4.78 is 5.84. The molecule has 5 heteroatoms. The number of amides is 1. The third-order valence-corrected chi connectivity index (χ3v) is 5.23. The molecule has 0 saturated heterocycles. The van der Waals surface area contributed by atoms with E-state index >= 15 is 0 Å². The molecule has 0 aliphatic carbocycles. The zero-order chi connectivity index (χ0) is 19.2. The van der Waals surface area contributed by atoms with Crippen molar-refractivity contribution in [1.29, 1.82) is 0 Å². The Hall–Kier alpha value is -3.18. The predicted molar refractivity (Wildman–Crippen MR) is 112 cm³/mol. The van der Waals surface area contributed by atoms with Gasteiger partial charge in [-0.3, -0.25) is 4.79 Å². The number of nitrogens with zero attached hydrogens (tertiary/aromatic N) is 1. The van der Waals surface area contributed by atoms with Crippen LogP contribution in [0.3, 0.4) is 0 Å². The lowest BCUT2D eigenvalue weighted by molar-refractivity contribution is -0.121. The second-order valence-corrected chi connectivity index (χ2v) is 7.34. The van der Waals surface area contributed by atoms with Crippen molar-refractivity contribution in [3.63, 3.8) is 0 Å². The fourth-order valence-electron chi connectivity index (χ4n) is 2.90. The molecule has 0 unspecified atom stereocenters. The Morgan fingerprint density at radius 2 is 1.64 bits per heavy atom. The third kappa shape index (κ3) is 4.56. The number of benzene rings is 2. The molecule has 28 heavy (non-hydrogen) atoms. The second-order valence-electron chi connectivity index (χ2n) is 6.40. The van der Waals surface area contributed by atoms with Crippen LogP contribution in [0.5, 0.6) is 0 Å². The van der Waals surface area contributed by atoms with Crippen LogP contribution in [0.15, 0.2) is 82.6 Å².